The molecule has 0 aliphatic carbocycles. The summed E-state index contributed by atoms with van der Waals surface area (Å²) >= 11 is 0. The molecule has 4 aromatic carbocycles. The van der Waals surface area contributed by atoms with Crippen LogP contribution in [0.15, 0.2) is 109 Å². The third-order valence-electron chi connectivity index (χ3n) is 5.69. The second-order valence-corrected chi connectivity index (χ2v) is 9.63. The largest absolute Gasteiger partial charge is 0.496 e. The first kappa shape index (κ1) is 19.6. The van der Waals surface area contributed by atoms with Gasteiger partial charge in [0.05, 0.1) is 12.8 Å². The molecule has 0 aliphatic rings. The van der Waals surface area contributed by atoms with E-state index in [0.29, 0.717) is 0 Å². The highest BCUT2D eigenvalue weighted by Crippen LogP contribution is 2.43. The van der Waals surface area contributed by atoms with E-state index in [-0.39, 0.29) is 0 Å². The predicted octanol–water partition coefficient (Wildman–Crippen LogP) is 5.61. The normalized spacial score (nSPS) is 11.2. The molecule has 0 amide bonds. The maximum atomic E-state index is 5.79. The van der Waals surface area contributed by atoms with Crippen LogP contribution in [-0.2, 0) is 7.05 Å². The van der Waals surface area contributed by atoms with Gasteiger partial charge in [-0.3, -0.25) is 0 Å². The van der Waals surface area contributed by atoms with Crippen LogP contribution in [-0.4, -0.2) is 11.7 Å². The van der Waals surface area contributed by atoms with Gasteiger partial charge in [0.1, 0.15) is 5.75 Å². The number of nitrogens with zero attached hydrogens (tertiary/aromatic N) is 1. The van der Waals surface area contributed by atoms with E-state index >= 15 is 0 Å². The van der Waals surface area contributed by atoms with E-state index in [9.17, 15) is 0 Å². The van der Waals surface area contributed by atoms with Crippen LogP contribution in [0.4, 0.5) is 0 Å². The first-order valence-electron chi connectivity index (χ1n) is 10.4. The number of ether oxygens (including phenoxy) is 1. The lowest BCUT2D eigenvalue weighted by Gasteiger charge is -2.22. The van der Waals surface area contributed by atoms with Crippen LogP contribution in [0.5, 0.6) is 5.75 Å². The zero-order valence-corrected chi connectivity index (χ0v) is 18.6. The molecule has 31 heavy (non-hydrogen) atoms. The number of methoxy groups -OCH3 is 1. The van der Waals surface area contributed by atoms with E-state index in [1.54, 1.807) is 7.11 Å². The van der Waals surface area contributed by atoms with Crippen molar-refractivity contribution in [2.24, 2.45) is 7.05 Å². The van der Waals surface area contributed by atoms with Crippen LogP contribution in [0.3, 0.4) is 0 Å². The van der Waals surface area contributed by atoms with Crippen molar-refractivity contribution in [2.75, 3.05) is 7.11 Å². The summed E-state index contributed by atoms with van der Waals surface area (Å²) in [7, 11) is 3.15. The predicted molar refractivity (Wildman–Crippen MR) is 134 cm³/mol. The third kappa shape index (κ3) is 3.44. The Balaban J connectivity index is 1.90. The fourth-order valence-corrected chi connectivity index (χ4v) is 6.98. The molecule has 5 aromatic rings. The molecule has 0 bridgehead atoms. The van der Waals surface area contributed by atoms with Gasteiger partial charge in [-0.1, -0.05) is 91.0 Å². The lowest BCUT2D eigenvalue weighted by molar-refractivity contribution is 0.416. The average molecular weight is 421 g/mol. The Bertz CT molecular complexity index is 1290. The molecule has 0 atom stereocenters. The van der Waals surface area contributed by atoms with Crippen molar-refractivity contribution in [3.63, 3.8) is 0 Å². The number of hydrogen-bond acceptors (Lipinski definition) is 1. The molecule has 0 saturated carbocycles. The Morgan fingerprint density at radius 2 is 1.19 bits per heavy atom. The van der Waals surface area contributed by atoms with E-state index in [1.807, 2.05) is 12.1 Å². The molecule has 2 nitrogen and oxygen atoms in total. The van der Waals surface area contributed by atoms with Crippen LogP contribution < -0.4 is 20.7 Å². The zero-order chi connectivity index (χ0) is 21.2. The van der Waals surface area contributed by atoms with E-state index in [4.69, 9.17) is 4.74 Å². The van der Waals surface area contributed by atoms with Crippen LogP contribution >= 0.6 is 7.92 Å². The summed E-state index contributed by atoms with van der Waals surface area (Å²) in [6, 6.07) is 38.8. The third-order valence-corrected chi connectivity index (χ3v) is 8.22. The monoisotopic (exact) mass is 421 g/mol. The second kappa shape index (κ2) is 8.41. The topological polar surface area (TPSA) is 14.2 Å². The Morgan fingerprint density at radius 3 is 1.84 bits per heavy atom. The molecular formula is C28H24NOP. The highest BCUT2D eigenvalue weighted by Gasteiger charge is 2.27. The van der Waals surface area contributed by atoms with E-state index < -0.39 is 7.92 Å². The van der Waals surface area contributed by atoms with Crippen molar-refractivity contribution in [3.8, 4) is 17.0 Å². The summed E-state index contributed by atoms with van der Waals surface area (Å²) in [6.07, 6.45) is 0. The smallest absolute Gasteiger partial charge is 0.128 e. The molecule has 152 valence electrons. The van der Waals surface area contributed by atoms with Crippen molar-refractivity contribution in [2.45, 2.75) is 0 Å². The van der Waals surface area contributed by atoms with Gasteiger partial charge in [0, 0.05) is 28.8 Å². The summed E-state index contributed by atoms with van der Waals surface area (Å²) in [5.74, 6) is 0.894. The van der Waals surface area contributed by atoms with E-state index in [2.05, 4.69) is 109 Å². The molecule has 0 aliphatic heterocycles. The lowest BCUT2D eigenvalue weighted by atomic mass is 10.1. The van der Waals surface area contributed by atoms with E-state index in [1.165, 1.54) is 32.5 Å². The molecule has 0 fully saturated rings. The maximum absolute atomic E-state index is 5.79. The van der Waals surface area contributed by atoms with Gasteiger partial charge in [-0.15, -0.1) is 0 Å². The maximum Gasteiger partial charge on any atom is 0.128 e. The zero-order valence-electron chi connectivity index (χ0n) is 17.7. The van der Waals surface area contributed by atoms with Gasteiger partial charge in [0.25, 0.3) is 0 Å². The molecule has 0 unspecified atom stereocenters. The molecule has 3 heteroatoms. The van der Waals surface area contributed by atoms with Crippen LogP contribution in [0, 0.1) is 0 Å². The highest BCUT2D eigenvalue weighted by molar-refractivity contribution is 7.80. The first-order valence-corrected chi connectivity index (χ1v) is 11.7. The molecular weight excluding hydrogens is 397 g/mol. The van der Waals surface area contributed by atoms with Crippen molar-refractivity contribution in [1.82, 2.24) is 4.57 Å². The summed E-state index contributed by atoms with van der Waals surface area (Å²) in [5.41, 5.74) is 3.58. The SMILES string of the molecule is COc1ccccc1-c1c(P(c2ccccc2)c2ccccc2)c2ccccc2n1C. The summed E-state index contributed by atoms with van der Waals surface area (Å²) in [5, 5.41) is 5.35. The lowest BCUT2D eigenvalue weighted by Crippen LogP contribution is -2.22. The minimum atomic E-state index is -0.763. The Kier molecular flexibility index (Phi) is 5.32. The standard InChI is InChI=1S/C28H24NOP/c1-29-25-19-11-9-17-23(25)28(27(29)24-18-10-12-20-26(24)30-2)31(21-13-5-3-6-14-21)22-15-7-4-8-16-22/h3-20H,1-2H3. The minimum Gasteiger partial charge on any atom is -0.496 e. The fraction of sp³-hybridized carbons (Fsp3) is 0.0714. The average Bonchev–Trinajstić information content (AvgIpc) is 3.13. The molecule has 0 saturated heterocycles. The van der Waals surface area contributed by atoms with E-state index in [0.717, 1.165) is 11.3 Å². The summed E-state index contributed by atoms with van der Waals surface area (Å²) in [6.45, 7) is 0. The van der Waals surface area contributed by atoms with Crippen molar-refractivity contribution in [3.05, 3.63) is 109 Å². The van der Waals surface area contributed by atoms with Crippen molar-refractivity contribution < 1.29 is 4.74 Å². The number of fused-ring (bicyclic) bond motifs is 1. The van der Waals surface area contributed by atoms with Gasteiger partial charge in [0.2, 0.25) is 0 Å². The number of aromatic nitrogens is 1. The summed E-state index contributed by atoms with van der Waals surface area (Å²) in [4.78, 5) is 0. The molecule has 1 aromatic heterocycles. The molecule has 0 spiro atoms. The summed E-state index contributed by atoms with van der Waals surface area (Å²) < 4.78 is 8.11. The Hall–Kier alpha value is -3.35. The number of hydrogen-bond donors (Lipinski definition) is 0. The molecule has 5 rings (SSSR count). The van der Waals surface area contributed by atoms with Crippen LogP contribution in [0.2, 0.25) is 0 Å². The second-order valence-electron chi connectivity index (χ2n) is 7.48. The van der Waals surface area contributed by atoms with Gasteiger partial charge >= 0.3 is 0 Å². The number of rotatable bonds is 5. The molecule has 1 heterocycles. The van der Waals surface area contributed by atoms with Gasteiger partial charge < -0.3 is 9.30 Å². The van der Waals surface area contributed by atoms with Gasteiger partial charge in [-0.25, -0.2) is 0 Å². The van der Waals surface area contributed by atoms with Crippen molar-refractivity contribution >= 4 is 34.7 Å². The highest BCUT2D eigenvalue weighted by atomic mass is 31.1. The fourth-order valence-electron chi connectivity index (χ4n) is 4.31. The Morgan fingerprint density at radius 1 is 0.645 bits per heavy atom. The van der Waals surface area contributed by atoms with Gasteiger partial charge in [0.15, 0.2) is 0 Å². The Labute approximate surface area is 184 Å². The minimum absolute atomic E-state index is 0.763. The molecule has 0 radical (unpaired) electrons. The number of aryl methyl sites for hydroxylation is 1. The van der Waals surface area contributed by atoms with Gasteiger partial charge in [-0.05, 0) is 36.7 Å². The number of para-hydroxylation sites is 2. The van der Waals surface area contributed by atoms with Crippen LogP contribution in [0.25, 0.3) is 22.2 Å². The number of benzene rings is 4. The van der Waals surface area contributed by atoms with Gasteiger partial charge in [-0.2, -0.15) is 0 Å². The first-order chi connectivity index (χ1) is 15.3. The van der Waals surface area contributed by atoms with Crippen molar-refractivity contribution in [1.29, 1.82) is 0 Å². The molecule has 0 N–H and O–H groups in total. The quantitative estimate of drug-likeness (QED) is 0.336. The van der Waals surface area contributed by atoms with Crippen LogP contribution in [0.1, 0.15) is 0 Å².